The van der Waals surface area contributed by atoms with Gasteiger partial charge in [0.05, 0.1) is 30.3 Å². The Bertz CT molecular complexity index is 1250. The summed E-state index contributed by atoms with van der Waals surface area (Å²) >= 11 is 1.57. The highest BCUT2D eigenvalue weighted by Gasteiger charge is 2.24. The number of thioether (sulfide) groups is 1. The Hall–Kier alpha value is -3.20. The lowest BCUT2D eigenvalue weighted by atomic mass is 10.0. The van der Waals surface area contributed by atoms with Gasteiger partial charge >= 0.3 is 0 Å². The fraction of sp³-hybridized carbons (Fsp3) is 0.259. The Labute approximate surface area is 207 Å². The molecule has 1 aromatic heterocycles. The lowest BCUT2D eigenvalue weighted by molar-refractivity contribution is 0.0162. The molecule has 0 aliphatic carbocycles. The summed E-state index contributed by atoms with van der Waals surface area (Å²) < 4.78 is 19.0. The predicted molar refractivity (Wildman–Crippen MR) is 136 cm³/mol. The molecule has 2 heterocycles. The quantitative estimate of drug-likeness (QED) is 0.347. The van der Waals surface area contributed by atoms with Crippen molar-refractivity contribution in [2.75, 3.05) is 32.8 Å². The Kier molecular flexibility index (Phi) is 7.42. The van der Waals surface area contributed by atoms with Crippen LogP contribution in [0.3, 0.4) is 0 Å². The van der Waals surface area contributed by atoms with E-state index in [1.54, 1.807) is 23.9 Å². The molecule has 35 heavy (non-hydrogen) atoms. The van der Waals surface area contributed by atoms with Gasteiger partial charge in [0.25, 0.3) is 5.91 Å². The number of hydrogen-bond acceptors (Lipinski definition) is 5. The maximum absolute atomic E-state index is 13.5. The second-order valence-electron chi connectivity index (χ2n) is 8.43. The number of nitrogens with one attached hydrogen (secondary N) is 2. The lowest BCUT2D eigenvalue weighted by Crippen LogP contribution is -2.43. The summed E-state index contributed by atoms with van der Waals surface area (Å²) in [5.41, 5.74) is 4.49. The van der Waals surface area contributed by atoms with E-state index in [1.807, 2.05) is 48.5 Å². The van der Waals surface area contributed by atoms with E-state index in [-0.39, 0.29) is 17.8 Å². The number of amides is 1. The number of rotatable bonds is 8. The average molecular weight is 491 g/mol. The molecule has 1 atom stereocenters. The van der Waals surface area contributed by atoms with E-state index in [4.69, 9.17) is 4.74 Å². The Morgan fingerprint density at radius 2 is 1.80 bits per heavy atom. The second-order valence-corrected chi connectivity index (χ2v) is 9.39. The molecule has 1 amide bonds. The molecule has 1 aliphatic rings. The third-order valence-electron chi connectivity index (χ3n) is 6.19. The van der Waals surface area contributed by atoms with E-state index < -0.39 is 0 Å². The van der Waals surface area contributed by atoms with Gasteiger partial charge in [-0.15, -0.1) is 0 Å². The lowest BCUT2D eigenvalue weighted by Gasteiger charge is -2.35. The van der Waals surface area contributed by atoms with Crippen LogP contribution < -0.4 is 5.32 Å². The first kappa shape index (κ1) is 23.5. The minimum atomic E-state index is -0.269. The molecule has 0 saturated carbocycles. The van der Waals surface area contributed by atoms with E-state index >= 15 is 0 Å². The van der Waals surface area contributed by atoms with Crippen molar-refractivity contribution in [1.82, 2.24) is 20.2 Å². The van der Waals surface area contributed by atoms with Crippen LogP contribution in [0.15, 0.2) is 78.0 Å². The number of carbonyl (C=O) groups is 1. The van der Waals surface area contributed by atoms with E-state index in [1.165, 1.54) is 12.1 Å². The maximum atomic E-state index is 13.5. The number of imidazole rings is 1. The molecule has 1 saturated heterocycles. The van der Waals surface area contributed by atoms with Crippen molar-refractivity contribution < 1.29 is 13.9 Å². The van der Waals surface area contributed by atoms with Gasteiger partial charge in [-0.1, -0.05) is 54.2 Å². The number of fused-ring (bicyclic) bond motifs is 1. The first-order chi connectivity index (χ1) is 17.2. The van der Waals surface area contributed by atoms with Crippen molar-refractivity contribution >= 4 is 28.7 Å². The Balaban J connectivity index is 1.28. The number of nitrogens with zero attached hydrogens (tertiary/aromatic N) is 2. The minimum Gasteiger partial charge on any atom is -0.379 e. The van der Waals surface area contributed by atoms with Crippen LogP contribution in [-0.2, 0) is 10.5 Å². The van der Waals surface area contributed by atoms with Gasteiger partial charge < -0.3 is 15.0 Å². The van der Waals surface area contributed by atoms with Crippen LogP contribution >= 0.6 is 11.8 Å². The van der Waals surface area contributed by atoms with Crippen molar-refractivity contribution in [3.8, 4) is 0 Å². The van der Waals surface area contributed by atoms with Crippen LogP contribution in [0.25, 0.3) is 11.0 Å². The molecule has 4 aromatic rings. The van der Waals surface area contributed by atoms with Crippen LogP contribution in [0.5, 0.6) is 0 Å². The number of aromatic amines is 1. The average Bonchev–Trinajstić information content (AvgIpc) is 3.32. The van der Waals surface area contributed by atoms with Gasteiger partial charge in [-0.2, -0.15) is 0 Å². The summed E-state index contributed by atoms with van der Waals surface area (Å²) in [6.45, 7) is 3.25. The summed E-state index contributed by atoms with van der Waals surface area (Å²) in [5.74, 6) is 0.231. The first-order valence-corrected chi connectivity index (χ1v) is 12.7. The Morgan fingerprint density at radius 3 is 2.60 bits per heavy atom. The van der Waals surface area contributed by atoms with Gasteiger partial charge in [0, 0.05) is 31.0 Å². The number of aromatic nitrogens is 2. The van der Waals surface area contributed by atoms with Crippen LogP contribution in [0, 0.1) is 5.82 Å². The van der Waals surface area contributed by atoms with E-state index in [9.17, 15) is 9.18 Å². The van der Waals surface area contributed by atoms with Crippen LogP contribution in [0.1, 0.15) is 27.5 Å². The topological polar surface area (TPSA) is 70.2 Å². The molecule has 180 valence electrons. The van der Waals surface area contributed by atoms with Gasteiger partial charge in [-0.05, 0) is 41.5 Å². The molecule has 0 spiro atoms. The molecule has 6 nitrogen and oxygen atoms in total. The summed E-state index contributed by atoms with van der Waals surface area (Å²) in [6, 6.07) is 22.0. The van der Waals surface area contributed by atoms with Crippen LogP contribution in [0.4, 0.5) is 4.39 Å². The van der Waals surface area contributed by atoms with E-state index in [0.29, 0.717) is 31.1 Å². The predicted octanol–water partition coefficient (Wildman–Crippen LogP) is 4.80. The van der Waals surface area contributed by atoms with Crippen molar-refractivity contribution in [2.24, 2.45) is 0 Å². The van der Waals surface area contributed by atoms with Crippen molar-refractivity contribution in [1.29, 1.82) is 0 Å². The van der Waals surface area contributed by atoms with Gasteiger partial charge in [0.1, 0.15) is 5.82 Å². The number of ether oxygens (including phenoxy) is 1. The maximum Gasteiger partial charge on any atom is 0.251 e. The summed E-state index contributed by atoms with van der Waals surface area (Å²) in [5, 5.41) is 3.95. The fourth-order valence-electron chi connectivity index (χ4n) is 4.33. The number of carbonyl (C=O) groups excluding carboxylic acids is 1. The van der Waals surface area contributed by atoms with Gasteiger partial charge in [-0.25, -0.2) is 9.37 Å². The van der Waals surface area contributed by atoms with E-state index in [2.05, 4.69) is 20.2 Å². The van der Waals surface area contributed by atoms with Crippen LogP contribution in [-0.4, -0.2) is 53.6 Å². The van der Waals surface area contributed by atoms with Crippen LogP contribution in [0.2, 0.25) is 0 Å². The SMILES string of the molecule is O=C(NCC(c1ccc(F)cc1)N1CCOCC1)c1ccccc1CSc1nc2ccccc2[nH]1. The normalized spacial score (nSPS) is 15.2. The Morgan fingerprint density at radius 1 is 1.06 bits per heavy atom. The molecular formula is C27H27FN4O2S. The molecule has 5 rings (SSSR count). The molecular weight excluding hydrogens is 463 g/mol. The van der Waals surface area contributed by atoms with E-state index in [0.717, 1.165) is 40.4 Å². The highest BCUT2D eigenvalue weighted by molar-refractivity contribution is 7.98. The molecule has 1 aliphatic heterocycles. The third kappa shape index (κ3) is 5.73. The molecule has 8 heteroatoms. The van der Waals surface area contributed by atoms with Gasteiger partial charge in [0.15, 0.2) is 5.16 Å². The standard InChI is InChI=1S/C27H27FN4O2S/c28-21-11-9-19(10-12-21)25(32-13-15-34-16-14-32)17-29-26(33)22-6-2-1-5-20(22)18-35-27-30-23-7-3-4-8-24(23)31-27/h1-12,25H,13-18H2,(H,29,33)(H,30,31). The summed E-state index contributed by atoms with van der Waals surface area (Å²) in [6.07, 6.45) is 0. The minimum absolute atomic E-state index is 0.0551. The molecule has 2 N–H and O–H groups in total. The zero-order valence-corrected chi connectivity index (χ0v) is 20.1. The first-order valence-electron chi connectivity index (χ1n) is 11.7. The fourth-order valence-corrected chi connectivity index (χ4v) is 5.22. The van der Waals surface area contributed by atoms with Gasteiger partial charge in [0.2, 0.25) is 0 Å². The third-order valence-corrected chi connectivity index (χ3v) is 7.11. The molecule has 1 unspecified atom stereocenters. The van der Waals surface area contributed by atoms with Crippen molar-refractivity contribution in [3.63, 3.8) is 0 Å². The molecule has 0 radical (unpaired) electrons. The van der Waals surface area contributed by atoms with Gasteiger partial charge in [-0.3, -0.25) is 9.69 Å². The second kappa shape index (κ2) is 11.0. The molecule has 0 bridgehead atoms. The summed E-state index contributed by atoms with van der Waals surface area (Å²) in [7, 11) is 0. The highest BCUT2D eigenvalue weighted by Crippen LogP contribution is 2.25. The van der Waals surface area contributed by atoms with Crippen molar-refractivity contribution in [3.05, 3.63) is 95.3 Å². The number of hydrogen-bond donors (Lipinski definition) is 2. The highest BCUT2D eigenvalue weighted by atomic mass is 32.2. The monoisotopic (exact) mass is 490 g/mol. The number of H-pyrrole nitrogens is 1. The largest absolute Gasteiger partial charge is 0.379 e. The number of halogens is 1. The zero-order valence-electron chi connectivity index (χ0n) is 19.2. The molecule has 3 aromatic carbocycles. The molecule has 1 fully saturated rings. The number of para-hydroxylation sites is 2. The summed E-state index contributed by atoms with van der Waals surface area (Å²) in [4.78, 5) is 23.5. The number of benzene rings is 3. The smallest absolute Gasteiger partial charge is 0.251 e. The number of morpholine rings is 1. The zero-order chi connectivity index (χ0) is 24.0. The van der Waals surface area contributed by atoms with Crippen molar-refractivity contribution in [2.45, 2.75) is 17.0 Å².